The molecular formula is C19H20N4O. The lowest BCUT2D eigenvalue weighted by atomic mass is 9.96. The van der Waals surface area contributed by atoms with Crippen molar-refractivity contribution in [3.05, 3.63) is 65.2 Å². The number of hydrogen-bond donors (Lipinski definition) is 1. The van der Waals surface area contributed by atoms with Crippen LogP contribution in [0.1, 0.15) is 23.6 Å². The number of benzene rings is 2. The number of nitrogens with zero attached hydrogens (tertiary/aromatic N) is 3. The Kier molecular flexibility index (Phi) is 3.32. The van der Waals surface area contributed by atoms with Gasteiger partial charge in [-0.1, -0.05) is 42.5 Å². The molecule has 0 bridgehead atoms. The van der Waals surface area contributed by atoms with Crippen LogP contribution < -0.4 is 10.4 Å². The predicted octanol–water partition coefficient (Wildman–Crippen LogP) is 2.68. The van der Waals surface area contributed by atoms with Crippen LogP contribution in [0.15, 0.2) is 48.5 Å². The highest BCUT2D eigenvalue weighted by Gasteiger charge is 2.32. The molecule has 0 radical (unpaired) electrons. The largest absolute Gasteiger partial charge is 0.308 e. The first kappa shape index (κ1) is 14.8. The summed E-state index contributed by atoms with van der Waals surface area (Å²) in [6.45, 7) is 2.19. The maximum atomic E-state index is 12.3. The number of carbonyl (C=O) groups excluding carboxylic acids is 1. The van der Waals surface area contributed by atoms with Crippen molar-refractivity contribution in [3.63, 3.8) is 0 Å². The van der Waals surface area contributed by atoms with Gasteiger partial charge in [0.1, 0.15) is 0 Å². The summed E-state index contributed by atoms with van der Waals surface area (Å²) >= 11 is 0. The number of para-hydroxylation sites is 1. The van der Waals surface area contributed by atoms with Crippen molar-refractivity contribution < 1.29 is 4.79 Å². The molecule has 0 saturated carbocycles. The third kappa shape index (κ3) is 2.09. The van der Waals surface area contributed by atoms with Crippen molar-refractivity contribution in [3.8, 4) is 0 Å². The number of amides is 1. The quantitative estimate of drug-likeness (QED) is 0.810. The van der Waals surface area contributed by atoms with Gasteiger partial charge in [-0.05, 0) is 11.6 Å². The number of anilines is 1. The summed E-state index contributed by atoms with van der Waals surface area (Å²) in [7, 11) is 4.01. The van der Waals surface area contributed by atoms with E-state index >= 15 is 0 Å². The third-order valence-corrected chi connectivity index (χ3v) is 4.63. The highest BCUT2D eigenvalue weighted by atomic mass is 16.2. The molecule has 2 aromatic carbocycles. The molecule has 2 aliphatic heterocycles. The molecule has 5 nitrogen and oxygen atoms in total. The van der Waals surface area contributed by atoms with Crippen LogP contribution in [0.3, 0.4) is 0 Å². The first-order chi connectivity index (χ1) is 11.6. The second kappa shape index (κ2) is 5.39. The summed E-state index contributed by atoms with van der Waals surface area (Å²) in [6, 6.07) is 16.4. The number of hydrogen-bond acceptors (Lipinski definition) is 4. The van der Waals surface area contributed by atoms with Gasteiger partial charge in [0.15, 0.2) is 0 Å². The lowest BCUT2D eigenvalue weighted by Crippen LogP contribution is -2.36. The van der Waals surface area contributed by atoms with E-state index in [1.165, 1.54) is 0 Å². The molecule has 5 heteroatoms. The van der Waals surface area contributed by atoms with E-state index in [0.29, 0.717) is 6.54 Å². The fraction of sp³-hybridized carbons (Fsp3) is 0.211. The molecule has 0 spiro atoms. The van der Waals surface area contributed by atoms with E-state index in [1.807, 2.05) is 59.3 Å². The van der Waals surface area contributed by atoms with Gasteiger partial charge in [0.2, 0.25) is 5.91 Å². The smallest absolute Gasteiger partial charge is 0.224 e. The Balaban J connectivity index is 2.08. The normalized spacial score (nSPS) is 16.4. The maximum absolute atomic E-state index is 12.3. The highest BCUT2D eigenvalue weighted by molar-refractivity contribution is 6.01. The summed E-state index contributed by atoms with van der Waals surface area (Å²) in [5, 5.41) is 4.04. The van der Waals surface area contributed by atoms with Gasteiger partial charge >= 0.3 is 0 Å². The first-order valence-corrected chi connectivity index (χ1v) is 8.01. The molecule has 0 saturated heterocycles. The molecule has 122 valence electrons. The Hall–Kier alpha value is -2.79. The molecule has 1 N–H and O–H groups in total. The summed E-state index contributed by atoms with van der Waals surface area (Å²) in [5.74, 6) is 0.0447. The molecule has 0 unspecified atom stereocenters. The number of nitrogens with one attached hydrogen (secondary N) is 1. The summed E-state index contributed by atoms with van der Waals surface area (Å²) in [5.41, 5.74) is 9.81. The fourth-order valence-electron chi connectivity index (χ4n) is 3.59. The second-order valence-electron chi connectivity index (χ2n) is 6.19. The standard InChI is InChI=1S/C19H20N4O/c1-13(24)23-12-14-8-4-5-9-15(14)18-19(22(3)20-21(18)2)16-10-6-7-11-17(16)23/h4-11,20H,12H2,1-3H3. The van der Waals surface area contributed by atoms with Crippen molar-refractivity contribution in [1.82, 2.24) is 15.6 Å². The Labute approximate surface area is 141 Å². The average molecular weight is 320 g/mol. The second-order valence-corrected chi connectivity index (χ2v) is 6.19. The fourth-order valence-corrected chi connectivity index (χ4v) is 3.59. The van der Waals surface area contributed by atoms with Crippen LogP contribution in [0.25, 0.3) is 11.4 Å². The average Bonchev–Trinajstić information content (AvgIpc) is 2.84. The molecule has 4 rings (SSSR count). The molecule has 0 aromatic heterocycles. The molecule has 2 aromatic rings. The summed E-state index contributed by atoms with van der Waals surface area (Å²) < 4.78 is 0. The van der Waals surface area contributed by atoms with Gasteiger partial charge in [0.05, 0.1) is 23.6 Å². The van der Waals surface area contributed by atoms with Crippen LogP contribution in [0.4, 0.5) is 5.69 Å². The van der Waals surface area contributed by atoms with Crippen LogP contribution in [0.5, 0.6) is 0 Å². The zero-order valence-corrected chi connectivity index (χ0v) is 14.1. The maximum Gasteiger partial charge on any atom is 0.224 e. The van der Waals surface area contributed by atoms with E-state index in [9.17, 15) is 4.79 Å². The van der Waals surface area contributed by atoms with Gasteiger partial charge in [-0.3, -0.25) is 14.8 Å². The van der Waals surface area contributed by atoms with Crippen molar-refractivity contribution in [1.29, 1.82) is 0 Å². The van der Waals surface area contributed by atoms with Crippen molar-refractivity contribution in [2.45, 2.75) is 13.5 Å². The molecule has 1 amide bonds. The van der Waals surface area contributed by atoms with Crippen molar-refractivity contribution >= 4 is 23.0 Å². The zero-order chi connectivity index (χ0) is 16.8. The monoisotopic (exact) mass is 320 g/mol. The van der Waals surface area contributed by atoms with Gasteiger partial charge in [-0.15, -0.1) is 5.53 Å². The Morgan fingerprint density at radius 2 is 1.50 bits per heavy atom. The number of fused-ring (bicyclic) bond motifs is 4. The Morgan fingerprint density at radius 3 is 2.21 bits per heavy atom. The molecule has 0 fully saturated rings. The summed E-state index contributed by atoms with van der Waals surface area (Å²) in [4.78, 5) is 14.2. The number of rotatable bonds is 0. The van der Waals surface area contributed by atoms with Crippen molar-refractivity contribution in [2.24, 2.45) is 0 Å². The first-order valence-electron chi connectivity index (χ1n) is 8.01. The SMILES string of the molecule is CC(=O)N1Cc2ccccc2C2=C(c3ccccc31)N(C)NN2C. The lowest BCUT2D eigenvalue weighted by molar-refractivity contribution is -0.116. The minimum Gasteiger partial charge on any atom is -0.308 e. The highest BCUT2D eigenvalue weighted by Crippen LogP contribution is 2.41. The van der Waals surface area contributed by atoms with E-state index in [0.717, 1.165) is 33.8 Å². The third-order valence-electron chi connectivity index (χ3n) is 4.63. The van der Waals surface area contributed by atoms with Crippen LogP contribution in [-0.2, 0) is 11.3 Å². The van der Waals surface area contributed by atoms with Gasteiger partial charge in [0, 0.05) is 32.1 Å². The van der Waals surface area contributed by atoms with Gasteiger partial charge in [-0.2, -0.15) is 0 Å². The minimum atomic E-state index is 0.0447. The lowest BCUT2D eigenvalue weighted by Gasteiger charge is -2.29. The van der Waals surface area contributed by atoms with Gasteiger partial charge in [-0.25, -0.2) is 0 Å². The van der Waals surface area contributed by atoms with E-state index in [2.05, 4.69) is 23.7 Å². The summed E-state index contributed by atoms with van der Waals surface area (Å²) in [6.07, 6.45) is 0. The molecular weight excluding hydrogens is 300 g/mol. The molecule has 2 heterocycles. The molecule has 0 atom stereocenters. The van der Waals surface area contributed by atoms with Crippen LogP contribution in [0, 0.1) is 0 Å². The van der Waals surface area contributed by atoms with Crippen LogP contribution in [-0.4, -0.2) is 30.0 Å². The Bertz CT molecular complexity index is 858. The Morgan fingerprint density at radius 1 is 0.917 bits per heavy atom. The molecule has 0 aliphatic carbocycles. The van der Waals surface area contributed by atoms with E-state index in [1.54, 1.807) is 6.92 Å². The number of hydrazine groups is 2. The minimum absolute atomic E-state index is 0.0447. The van der Waals surface area contributed by atoms with Gasteiger partial charge in [0.25, 0.3) is 0 Å². The molecule has 2 aliphatic rings. The topological polar surface area (TPSA) is 38.8 Å². The predicted molar refractivity (Wildman–Crippen MR) is 95.2 cm³/mol. The van der Waals surface area contributed by atoms with Crippen molar-refractivity contribution in [2.75, 3.05) is 19.0 Å². The van der Waals surface area contributed by atoms with E-state index < -0.39 is 0 Å². The zero-order valence-electron chi connectivity index (χ0n) is 14.1. The van der Waals surface area contributed by atoms with Crippen LogP contribution in [0.2, 0.25) is 0 Å². The van der Waals surface area contributed by atoms with E-state index in [-0.39, 0.29) is 5.91 Å². The number of carbonyl (C=O) groups is 1. The molecule has 24 heavy (non-hydrogen) atoms. The van der Waals surface area contributed by atoms with Crippen LogP contribution >= 0.6 is 0 Å². The van der Waals surface area contributed by atoms with Gasteiger partial charge < -0.3 is 4.90 Å². The van der Waals surface area contributed by atoms with E-state index in [4.69, 9.17) is 0 Å².